The number of amides is 4. The molecule has 4 amide bonds. The molecule has 10 N–H and O–H groups in total. The number of carbonyl (C=O) groups is 8. The van der Waals surface area contributed by atoms with Crippen LogP contribution in [0.15, 0.2) is 178 Å². The Bertz CT molecular complexity index is 3540. The van der Waals surface area contributed by atoms with Crippen LogP contribution in [0.25, 0.3) is 11.1 Å². The van der Waals surface area contributed by atoms with Crippen LogP contribution in [0, 0.1) is 59.0 Å². The van der Waals surface area contributed by atoms with Crippen LogP contribution in [0.4, 0.5) is 18.4 Å². The molecule has 0 spiro atoms. The largest absolute Gasteiger partial charge is 0.441 e. The number of fused-ring (bicyclic) bond motifs is 4. The third-order valence-corrected chi connectivity index (χ3v) is 17.4. The number of ether oxygens (including phenoxy) is 2. The number of hydrogen-bond acceptors (Lipinski definition) is 13. The van der Waals surface area contributed by atoms with Crippen molar-refractivity contribution in [1.29, 1.82) is 0 Å². The summed E-state index contributed by atoms with van der Waals surface area (Å²) in [7, 11) is 0. The number of ketones is 4. The van der Waals surface area contributed by atoms with Crippen molar-refractivity contribution in [1.82, 2.24) is 10.6 Å². The monoisotopic (exact) mass is 1310 g/mol. The zero-order valence-electron chi connectivity index (χ0n) is 57.1. The molecule has 4 aliphatic rings. The van der Waals surface area contributed by atoms with Crippen LogP contribution in [0.1, 0.15) is 140 Å². The fourth-order valence-corrected chi connectivity index (χ4v) is 12.3. The van der Waals surface area contributed by atoms with E-state index in [2.05, 4.69) is 23.8 Å². The van der Waals surface area contributed by atoms with E-state index in [1.54, 1.807) is 69.4 Å². The summed E-state index contributed by atoms with van der Waals surface area (Å²) < 4.78 is 38.5. The highest BCUT2D eigenvalue weighted by molar-refractivity contribution is 6.40. The molecule has 0 aromatic heterocycles. The minimum atomic E-state index is -0.930. The van der Waals surface area contributed by atoms with Crippen molar-refractivity contribution < 1.29 is 66.8 Å². The summed E-state index contributed by atoms with van der Waals surface area (Å²) in [6.45, 7) is 31.3. The van der Waals surface area contributed by atoms with Gasteiger partial charge in [0.1, 0.15) is 35.2 Å². The number of nitrogens with two attached hydrogens (primary N) is 3. The van der Waals surface area contributed by atoms with Crippen LogP contribution in [-0.4, -0.2) is 88.3 Å². The second-order valence-electron chi connectivity index (χ2n) is 25.6. The van der Waals surface area contributed by atoms with Crippen molar-refractivity contribution in [2.75, 3.05) is 6.54 Å². The van der Waals surface area contributed by atoms with E-state index in [-0.39, 0.29) is 106 Å². The molecular formula is C76H97F2N5O12. The number of aliphatic hydroxyl groups is 2. The van der Waals surface area contributed by atoms with E-state index in [9.17, 15) is 57.4 Å². The summed E-state index contributed by atoms with van der Waals surface area (Å²) in [4.78, 5) is 107. The van der Waals surface area contributed by atoms with Crippen molar-refractivity contribution in [3.8, 4) is 0 Å². The summed E-state index contributed by atoms with van der Waals surface area (Å²) >= 11 is 0. The van der Waals surface area contributed by atoms with Gasteiger partial charge in [0.2, 0.25) is 11.6 Å². The first-order chi connectivity index (χ1) is 44.7. The number of aliphatic hydroxyl groups excluding tert-OH is 2. The lowest BCUT2D eigenvalue weighted by Crippen LogP contribution is -2.35. The third-order valence-electron chi connectivity index (χ3n) is 17.4. The second kappa shape index (κ2) is 36.8. The highest BCUT2D eigenvalue weighted by atomic mass is 19.1. The van der Waals surface area contributed by atoms with E-state index in [1.165, 1.54) is 48.5 Å². The summed E-state index contributed by atoms with van der Waals surface area (Å²) in [6, 6.07) is 10.4. The summed E-state index contributed by atoms with van der Waals surface area (Å²) in [5, 5.41) is 27.9. The predicted molar refractivity (Wildman–Crippen MR) is 367 cm³/mol. The smallest absolute Gasteiger partial charge is 0.405 e. The summed E-state index contributed by atoms with van der Waals surface area (Å²) in [5.74, 6) is -5.80. The molecule has 2 aliphatic carbocycles. The molecule has 4 bridgehead atoms. The average Bonchev–Trinajstić information content (AvgIpc) is 0.816. The number of primary amides is 2. The molecule has 2 aromatic rings. The molecule has 0 saturated heterocycles. The van der Waals surface area contributed by atoms with Crippen molar-refractivity contribution in [3.63, 3.8) is 0 Å². The molecule has 0 unspecified atom stereocenters. The molecule has 2 aromatic carbocycles. The summed E-state index contributed by atoms with van der Waals surface area (Å²) in [6.07, 6.45) is 14.5. The van der Waals surface area contributed by atoms with E-state index in [1.807, 2.05) is 81.4 Å². The average molecular weight is 1310 g/mol. The van der Waals surface area contributed by atoms with Gasteiger partial charge >= 0.3 is 12.2 Å². The molecule has 0 fully saturated rings. The molecule has 6 rings (SSSR count). The Balaban J connectivity index is 0.000000383. The number of carbonyl (C=O) groups excluding carboxylic acids is 8. The van der Waals surface area contributed by atoms with E-state index >= 15 is 0 Å². The highest BCUT2D eigenvalue weighted by Crippen LogP contribution is 2.39. The Labute approximate surface area is 558 Å². The SMILES string of the molecule is C=CCCC1=C2C[C@@H](C)C[C@H](C)[C@H](O)[C@@H](C)/C=C(\C)[C@H](OC(N)=O)[C@@H](C)/C=C\C=C(/C)C(=O)NC(=C(c3ccc(F)cc3)C1=O)C2=O.C=CCN.CC1=C2C[C@@H](C)C[C@H](C)[C@H](O)[C@@H](C)/C=C(\C)[C@H](OC(N)=O)[C@@H](C)/C=C\C=C(/C)C(=O)NC(=C(c3ccc(F)cc3)C1=O)C2=O. The van der Waals surface area contributed by atoms with Gasteiger partial charge in [-0.15, -0.1) is 13.2 Å². The van der Waals surface area contributed by atoms with Crippen LogP contribution < -0.4 is 27.8 Å². The quantitative estimate of drug-likeness (QED) is 0.0957. The van der Waals surface area contributed by atoms with E-state index in [4.69, 9.17) is 26.7 Å². The van der Waals surface area contributed by atoms with E-state index < -0.39 is 83.2 Å². The van der Waals surface area contributed by atoms with Crippen LogP contribution in [0.3, 0.4) is 0 Å². The third kappa shape index (κ3) is 21.9. The maximum absolute atomic E-state index is 14.3. The Morgan fingerprint density at radius 1 is 0.568 bits per heavy atom. The predicted octanol–water partition coefficient (Wildman–Crippen LogP) is 12.5. The fourth-order valence-electron chi connectivity index (χ4n) is 12.3. The molecule has 0 saturated carbocycles. The van der Waals surface area contributed by atoms with Crippen molar-refractivity contribution in [2.24, 2.45) is 64.5 Å². The maximum Gasteiger partial charge on any atom is 0.405 e. The van der Waals surface area contributed by atoms with Gasteiger partial charge in [0, 0.05) is 63.7 Å². The highest BCUT2D eigenvalue weighted by Gasteiger charge is 2.39. The number of allylic oxidation sites excluding steroid dienone is 11. The number of nitrogens with one attached hydrogen (secondary N) is 2. The number of rotatable bonds is 8. The molecule has 12 atom stereocenters. The van der Waals surface area contributed by atoms with Gasteiger partial charge in [-0.3, -0.25) is 28.8 Å². The van der Waals surface area contributed by atoms with Crippen molar-refractivity contribution in [3.05, 3.63) is 201 Å². The zero-order chi connectivity index (χ0) is 71.3. The molecule has 512 valence electrons. The van der Waals surface area contributed by atoms with Crippen molar-refractivity contribution >= 4 is 58.3 Å². The summed E-state index contributed by atoms with van der Waals surface area (Å²) in [5.41, 5.74) is 19.2. The van der Waals surface area contributed by atoms with E-state index in [0.717, 1.165) is 11.1 Å². The van der Waals surface area contributed by atoms with Gasteiger partial charge in [-0.1, -0.05) is 140 Å². The molecule has 95 heavy (non-hydrogen) atoms. The fraction of sp³-hybridized carbons (Fsp3) is 0.421. The lowest BCUT2D eigenvalue weighted by molar-refractivity contribution is -0.120. The van der Waals surface area contributed by atoms with Crippen LogP contribution in [-0.2, 0) is 38.2 Å². The van der Waals surface area contributed by atoms with Crippen LogP contribution in [0.2, 0.25) is 0 Å². The Morgan fingerprint density at radius 3 is 1.31 bits per heavy atom. The normalized spacial score (nSPS) is 29.4. The standard InChI is InChI=1S/C38H47FN2O6.C35H43FN2O6.C3H7N/c1-8-9-13-29-30-19-21(2)18-24(5)33(42)25(6)20-26(7)36(47-38(40)46)22(3)11-10-12-23(4)37(45)41-32(35(30)44)31(34(29)43)27-14-16-28(39)17-15-27;1-18-15-21(4)30(39)22(5)17-23(6)33(44-35(37)43)19(2)9-8-10-20(3)34(42)38-29-28(25-11-13-26(36)14-12-25)31(40)24(7)27(16-18)32(29)41;1-2-3-4/h8,10-12,14-17,20-22,24-25,33,36,42H,1,9,13,18-19H2,2-7H3,(H2,40,46)(H,41,45);8-14,17-19,21-22,30,33,39H,15-16H2,1-7H3,(H2,37,43)(H,38,42);2H,1,3-4H2/b11-10-,23-12+,26-20+;9-8-,20-10+,23-17+;/t21-,22-,24-,25-,33-,36+;18-,19-,21-,22-,30-,33+;/m00./s1. The second-order valence-corrected chi connectivity index (χ2v) is 25.6. The zero-order valence-corrected chi connectivity index (χ0v) is 57.1. The Kier molecular flexibility index (Phi) is 30.4. The topological polar surface area (TPSA) is 298 Å². The lowest BCUT2D eigenvalue weighted by Gasteiger charge is -2.29. The van der Waals surface area contributed by atoms with Gasteiger partial charge in [-0.05, 0) is 143 Å². The minimum Gasteiger partial charge on any atom is -0.441 e. The van der Waals surface area contributed by atoms with Gasteiger partial charge in [-0.2, -0.15) is 0 Å². The first-order valence-corrected chi connectivity index (χ1v) is 32.2. The van der Waals surface area contributed by atoms with Gasteiger partial charge in [0.05, 0.1) is 23.4 Å². The number of Topliss-reactive ketones (excluding diaryl/α,β-unsaturated/α-hetero) is 4. The Morgan fingerprint density at radius 2 is 0.937 bits per heavy atom. The number of benzene rings is 2. The van der Waals surface area contributed by atoms with Gasteiger partial charge in [0.15, 0.2) is 11.6 Å². The van der Waals surface area contributed by atoms with E-state index in [0.29, 0.717) is 53.7 Å². The molecule has 2 aliphatic heterocycles. The first kappa shape index (κ1) is 78.7. The lowest BCUT2D eigenvalue weighted by atomic mass is 9.77. The first-order valence-electron chi connectivity index (χ1n) is 32.2. The van der Waals surface area contributed by atoms with Gasteiger partial charge in [0.25, 0.3) is 11.8 Å². The van der Waals surface area contributed by atoms with Gasteiger partial charge in [-0.25, -0.2) is 18.4 Å². The van der Waals surface area contributed by atoms with Gasteiger partial charge < -0.3 is 47.5 Å². The minimum absolute atomic E-state index is 0.00529. The molecular weight excluding hydrogens is 1210 g/mol. The molecule has 19 heteroatoms. The number of halogens is 2. The number of hydrogen-bond donors (Lipinski definition) is 7. The molecule has 0 radical (unpaired) electrons. The van der Waals surface area contributed by atoms with Crippen LogP contribution >= 0.6 is 0 Å². The van der Waals surface area contributed by atoms with Crippen molar-refractivity contribution in [2.45, 2.75) is 153 Å². The maximum atomic E-state index is 14.3. The molecule has 2 heterocycles. The molecule has 17 nitrogen and oxygen atoms in total. The Hall–Kier alpha value is -8.78. The van der Waals surface area contributed by atoms with Crippen LogP contribution in [0.5, 0.6) is 0 Å².